The van der Waals surface area contributed by atoms with Crippen LogP contribution in [0.25, 0.3) is 0 Å². The zero-order valence-corrected chi connectivity index (χ0v) is 15.7. The van der Waals surface area contributed by atoms with Gasteiger partial charge in [0, 0.05) is 25.1 Å². The first kappa shape index (κ1) is 19.2. The molecule has 2 fully saturated rings. The summed E-state index contributed by atoms with van der Waals surface area (Å²) in [6.07, 6.45) is -0.117. The third-order valence-corrected chi connectivity index (χ3v) is 5.05. The van der Waals surface area contributed by atoms with E-state index >= 15 is 0 Å². The maximum absolute atomic E-state index is 12.0. The van der Waals surface area contributed by atoms with E-state index in [0.29, 0.717) is 13.0 Å². The Morgan fingerprint density at radius 1 is 1.43 bits per heavy atom. The van der Waals surface area contributed by atoms with Gasteiger partial charge in [-0.3, -0.25) is 0 Å². The van der Waals surface area contributed by atoms with Crippen LogP contribution in [0.5, 0.6) is 0 Å². The molecule has 0 aromatic rings. The molecule has 0 saturated carbocycles. The van der Waals surface area contributed by atoms with Crippen molar-refractivity contribution in [2.24, 2.45) is 5.41 Å². The summed E-state index contributed by atoms with van der Waals surface area (Å²) in [4.78, 5) is 13.3. The van der Waals surface area contributed by atoms with Crippen LogP contribution in [0.4, 0.5) is 4.79 Å². The summed E-state index contributed by atoms with van der Waals surface area (Å²) in [5, 5.41) is -1.12. The molecule has 2 aliphatic heterocycles. The van der Waals surface area contributed by atoms with E-state index in [1.54, 1.807) is 20.8 Å². The van der Waals surface area contributed by atoms with Gasteiger partial charge in [-0.25, -0.2) is 13.2 Å². The van der Waals surface area contributed by atoms with E-state index in [2.05, 4.69) is 0 Å². The SMILES string of the molecule is CC(C)(C)OC(=O)N1CC(S(=O)(=O)[O-])C2(CCOC2)C1.[Na+]. The van der Waals surface area contributed by atoms with Crippen molar-refractivity contribution in [1.82, 2.24) is 4.90 Å². The maximum atomic E-state index is 12.0. The van der Waals surface area contributed by atoms with Gasteiger partial charge in [-0.05, 0) is 27.2 Å². The van der Waals surface area contributed by atoms with Gasteiger partial charge < -0.3 is 18.9 Å². The van der Waals surface area contributed by atoms with Crippen LogP contribution in [-0.4, -0.2) is 61.1 Å². The fourth-order valence-electron chi connectivity index (χ4n) is 2.80. The fraction of sp³-hybridized carbons (Fsp3) is 0.917. The number of hydrogen-bond acceptors (Lipinski definition) is 6. The first-order chi connectivity index (χ1) is 9.04. The molecule has 2 rings (SSSR count). The maximum Gasteiger partial charge on any atom is 1.00 e. The van der Waals surface area contributed by atoms with Gasteiger partial charge in [-0.15, -0.1) is 0 Å². The normalized spacial score (nSPS) is 29.5. The standard InChI is InChI=1S/C12H21NO6S.Na/c1-11(2,3)19-10(14)13-6-9(20(15,16)17)12(7-13)4-5-18-8-12;/h9H,4-8H2,1-3H3,(H,15,16,17);/q;+1/p-1. The molecule has 0 aromatic heterocycles. The van der Waals surface area contributed by atoms with Gasteiger partial charge in [0.2, 0.25) is 0 Å². The predicted octanol–water partition coefficient (Wildman–Crippen LogP) is -2.44. The van der Waals surface area contributed by atoms with Crippen LogP contribution in [0.1, 0.15) is 27.2 Å². The Balaban J connectivity index is 0.00000220. The van der Waals surface area contributed by atoms with Crippen LogP contribution in [0.15, 0.2) is 0 Å². The van der Waals surface area contributed by atoms with Crippen LogP contribution < -0.4 is 29.6 Å². The summed E-state index contributed by atoms with van der Waals surface area (Å²) in [5.74, 6) is 0. The monoisotopic (exact) mass is 329 g/mol. The minimum atomic E-state index is -4.48. The average molecular weight is 329 g/mol. The molecule has 2 unspecified atom stereocenters. The van der Waals surface area contributed by atoms with E-state index in [1.807, 2.05) is 0 Å². The van der Waals surface area contributed by atoms with Gasteiger partial charge in [0.1, 0.15) is 5.60 Å². The predicted molar refractivity (Wildman–Crippen MR) is 69.2 cm³/mol. The molecule has 2 aliphatic rings. The minimum absolute atomic E-state index is 0. The van der Waals surface area contributed by atoms with Crippen LogP contribution in [-0.2, 0) is 19.6 Å². The number of rotatable bonds is 1. The summed E-state index contributed by atoms with van der Waals surface area (Å²) < 4.78 is 44.9. The number of hydrogen-bond donors (Lipinski definition) is 0. The second kappa shape index (κ2) is 6.33. The molecule has 0 aromatic carbocycles. The Morgan fingerprint density at radius 2 is 2.05 bits per heavy atom. The Hall–Kier alpha value is 0.140. The van der Waals surface area contributed by atoms with Gasteiger partial charge in [0.25, 0.3) is 0 Å². The first-order valence-electron chi connectivity index (χ1n) is 6.54. The molecular formula is C12H20NNaO6S. The second-order valence-corrected chi connectivity index (χ2v) is 8.06. The first-order valence-corrected chi connectivity index (χ1v) is 8.01. The van der Waals surface area contributed by atoms with E-state index in [9.17, 15) is 17.8 Å². The Kier molecular flexibility index (Phi) is 5.78. The summed E-state index contributed by atoms with van der Waals surface area (Å²) in [6.45, 7) is 5.87. The van der Waals surface area contributed by atoms with Crippen molar-refractivity contribution in [1.29, 1.82) is 0 Å². The summed E-state index contributed by atoms with van der Waals surface area (Å²) in [5.41, 5.74) is -1.44. The summed E-state index contributed by atoms with van der Waals surface area (Å²) >= 11 is 0. The van der Waals surface area contributed by atoms with Crippen LogP contribution in [0.2, 0.25) is 0 Å². The van der Waals surface area contributed by atoms with Crippen LogP contribution >= 0.6 is 0 Å². The summed E-state index contributed by atoms with van der Waals surface area (Å²) in [6, 6.07) is 0. The molecule has 9 heteroatoms. The fourth-order valence-corrected chi connectivity index (χ4v) is 4.04. The quantitative estimate of drug-likeness (QED) is 0.392. The molecule has 0 aliphatic carbocycles. The molecule has 21 heavy (non-hydrogen) atoms. The zero-order chi connectivity index (χ0) is 15.2. The van der Waals surface area contributed by atoms with E-state index in [0.717, 1.165) is 0 Å². The third kappa shape index (κ3) is 4.33. The largest absolute Gasteiger partial charge is 1.00 e. The third-order valence-electron chi connectivity index (χ3n) is 3.71. The molecule has 116 valence electrons. The molecule has 0 bridgehead atoms. The van der Waals surface area contributed by atoms with Crippen LogP contribution in [0.3, 0.4) is 0 Å². The number of ether oxygens (including phenoxy) is 2. The smallest absolute Gasteiger partial charge is 0.748 e. The van der Waals surface area contributed by atoms with Crippen molar-refractivity contribution in [2.75, 3.05) is 26.3 Å². The number of carbonyl (C=O) groups is 1. The van der Waals surface area contributed by atoms with Crippen molar-refractivity contribution in [3.63, 3.8) is 0 Å². The molecule has 7 nitrogen and oxygen atoms in total. The topological polar surface area (TPSA) is 96.0 Å². The molecule has 2 saturated heterocycles. The van der Waals surface area contributed by atoms with Gasteiger partial charge in [-0.1, -0.05) is 0 Å². The molecule has 0 N–H and O–H groups in total. The van der Waals surface area contributed by atoms with Gasteiger partial charge >= 0.3 is 35.7 Å². The Morgan fingerprint density at radius 3 is 2.48 bits per heavy atom. The van der Waals surface area contributed by atoms with Crippen molar-refractivity contribution in [2.45, 2.75) is 38.0 Å². The Bertz CT molecular complexity index is 494. The molecule has 2 atom stereocenters. The van der Waals surface area contributed by atoms with E-state index in [1.165, 1.54) is 4.90 Å². The van der Waals surface area contributed by atoms with E-state index in [4.69, 9.17) is 9.47 Å². The number of likely N-dealkylation sites (tertiary alicyclic amines) is 1. The van der Waals surface area contributed by atoms with Gasteiger partial charge in [0.15, 0.2) is 0 Å². The number of carbonyl (C=O) groups excluding carboxylic acids is 1. The molecule has 1 spiro atoms. The molecule has 2 heterocycles. The summed E-state index contributed by atoms with van der Waals surface area (Å²) in [7, 11) is -4.48. The van der Waals surface area contributed by atoms with Crippen molar-refractivity contribution < 1.29 is 56.8 Å². The molecule has 1 amide bonds. The average Bonchev–Trinajstić information content (AvgIpc) is 2.83. The molecule has 0 radical (unpaired) electrons. The van der Waals surface area contributed by atoms with E-state index in [-0.39, 0.29) is 49.3 Å². The zero-order valence-electron chi connectivity index (χ0n) is 12.9. The van der Waals surface area contributed by atoms with Crippen molar-refractivity contribution in [3.05, 3.63) is 0 Å². The Labute approximate surface area is 147 Å². The minimum Gasteiger partial charge on any atom is -0.748 e. The number of amides is 1. The van der Waals surface area contributed by atoms with Crippen molar-refractivity contribution >= 4 is 16.2 Å². The second-order valence-electron chi connectivity index (χ2n) is 6.51. The molecular weight excluding hydrogens is 309 g/mol. The van der Waals surface area contributed by atoms with Gasteiger partial charge in [0.05, 0.1) is 22.0 Å². The van der Waals surface area contributed by atoms with Crippen molar-refractivity contribution in [3.8, 4) is 0 Å². The van der Waals surface area contributed by atoms with E-state index < -0.39 is 32.5 Å². The van der Waals surface area contributed by atoms with Gasteiger partial charge in [-0.2, -0.15) is 0 Å². The number of nitrogens with zero attached hydrogens (tertiary/aromatic N) is 1. The van der Waals surface area contributed by atoms with Crippen LogP contribution in [0, 0.1) is 5.41 Å².